The molecular formula is C45H66N6O20. The Morgan fingerprint density at radius 2 is 0.944 bits per heavy atom. The molecule has 5 atom stereocenters. The molecule has 26 nitrogen and oxygen atoms in total. The smallest absolute Gasteiger partial charge is 0.320 e. The maximum absolute atomic E-state index is 13.3. The van der Waals surface area contributed by atoms with Gasteiger partial charge in [-0.1, -0.05) is 37.1 Å². The number of nitrogens with zero attached hydrogens (tertiary/aromatic N) is 2. The highest BCUT2D eigenvalue weighted by atomic mass is 16.4. The van der Waals surface area contributed by atoms with E-state index >= 15 is 0 Å². The van der Waals surface area contributed by atoms with Gasteiger partial charge in [-0.2, -0.15) is 0 Å². The van der Waals surface area contributed by atoms with Gasteiger partial charge in [-0.3, -0.25) is 67.3 Å². The molecular weight excluding hydrogens is 945 g/mol. The molecule has 0 aliphatic heterocycles. The summed E-state index contributed by atoms with van der Waals surface area (Å²) < 4.78 is 0. The number of carbonyl (C=O) groups excluding carboxylic acids is 6. The van der Waals surface area contributed by atoms with E-state index in [0.29, 0.717) is 43.1 Å². The first-order valence-corrected chi connectivity index (χ1v) is 22.9. The number of hydrogen-bond donors (Lipinski definition) is 12. The molecule has 0 heterocycles. The number of carbonyl (C=O) groups is 12. The third-order valence-corrected chi connectivity index (χ3v) is 10.9. The number of unbranched alkanes of at least 4 members (excludes halogenated alkanes) is 5. The van der Waals surface area contributed by atoms with Gasteiger partial charge < -0.3 is 62.1 Å². The van der Waals surface area contributed by atoms with Crippen molar-refractivity contribution in [3.8, 4) is 0 Å². The first kappa shape index (κ1) is 62.1. The number of hydrogen-bond acceptors (Lipinski definition) is 16. The second-order valence-electron chi connectivity index (χ2n) is 16.6. The molecule has 5 unspecified atom stereocenters. The molecule has 0 aliphatic rings. The first-order chi connectivity index (χ1) is 33.5. The Kier molecular flexibility index (Phi) is 30.1. The Morgan fingerprint density at radius 3 is 1.41 bits per heavy atom. The molecule has 1 aromatic carbocycles. The fourth-order valence-corrected chi connectivity index (χ4v) is 7.14. The minimum atomic E-state index is -2.00. The molecule has 0 aliphatic carbocycles. The normalized spacial score (nSPS) is 13.2. The molecule has 4 amide bonds. The maximum Gasteiger partial charge on any atom is 0.320 e. The fourth-order valence-electron chi connectivity index (χ4n) is 7.14. The van der Waals surface area contributed by atoms with Gasteiger partial charge in [0.2, 0.25) is 17.7 Å². The van der Waals surface area contributed by atoms with Crippen LogP contribution in [0.25, 0.3) is 0 Å². The lowest BCUT2D eigenvalue weighted by Crippen LogP contribution is -2.47. The van der Waals surface area contributed by atoms with E-state index in [4.69, 9.17) is 20.4 Å². The van der Waals surface area contributed by atoms with Crippen LogP contribution in [0.2, 0.25) is 0 Å². The number of aldehydes is 1. The molecule has 0 spiro atoms. The zero-order valence-electron chi connectivity index (χ0n) is 39.2. The summed E-state index contributed by atoms with van der Waals surface area (Å²) in [6.07, 6.45) is -1.65. The Labute approximate surface area is 408 Å². The summed E-state index contributed by atoms with van der Waals surface area (Å²) in [6, 6.07) is 2.31. The van der Waals surface area contributed by atoms with E-state index in [0.717, 1.165) is 9.80 Å². The summed E-state index contributed by atoms with van der Waals surface area (Å²) in [6.45, 7) is -3.26. The van der Waals surface area contributed by atoms with Crippen molar-refractivity contribution in [3.63, 3.8) is 0 Å². The molecule has 71 heavy (non-hydrogen) atoms. The number of nitrogens with one attached hydrogen (secondary N) is 4. The van der Waals surface area contributed by atoms with Crippen molar-refractivity contribution in [3.05, 3.63) is 35.4 Å². The van der Waals surface area contributed by atoms with Crippen LogP contribution in [0.4, 0.5) is 0 Å². The van der Waals surface area contributed by atoms with Gasteiger partial charge in [0.25, 0.3) is 5.91 Å². The van der Waals surface area contributed by atoms with E-state index in [1.807, 2.05) is 0 Å². The van der Waals surface area contributed by atoms with Crippen molar-refractivity contribution in [2.75, 3.05) is 45.8 Å². The zero-order chi connectivity index (χ0) is 53.5. The van der Waals surface area contributed by atoms with E-state index in [-0.39, 0.29) is 90.3 Å². The summed E-state index contributed by atoms with van der Waals surface area (Å²) in [4.78, 5) is 145. The van der Waals surface area contributed by atoms with Gasteiger partial charge >= 0.3 is 35.8 Å². The average molecular weight is 1010 g/mol. The Balaban J connectivity index is 2.74. The number of aliphatic hydroxyl groups excluding tert-OH is 2. The van der Waals surface area contributed by atoms with Crippen LogP contribution in [-0.4, -0.2) is 198 Å². The quantitative estimate of drug-likeness (QED) is 0.0262. The lowest BCUT2D eigenvalue weighted by molar-refractivity contribution is -0.152. The molecule has 0 radical (unpaired) electrons. The maximum atomic E-state index is 13.3. The third-order valence-electron chi connectivity index (χ3n) is 10.9. The molecule has 0 saturated heterocycles. The second kappa shape index (κ2) is 34.4. The van der Waals surface area contributed by atoms with Crippen LogP contribution in [0.3, 0.4) is 0 Å². The molecule has 1 aromatic rings. The summed E-state index contributed by atoms with van der Waals surface area (Å²) >= 11 is 0. The van der Waals surface area contributed by atoms with Gasteiger partial charge in [0.15, 0.2) is 11.9 Å². The van der Waals surface area contributed by atoms with Crippen molar-refractivity contribution in [1.29, 1.82) is 0 Å². The molecule has 0 saturated carbocycles. The van der Waals surface area contributed by atoms with Crippen LogP contribution in [0.1, 0.15) is 106 Å². The van der Waals surface area contributed by atoms with Gasteiger partial charge in [-0.05, 0) is 69.8 Å². The van der Waals surface area contributed by atoms with Gasteiger partial charge in [0.1, 0.15) is 30.5 Å². The average Bonchev–Trinajstić information content (AvgIpc) is 3.29. The predicted octanol–water partition coefficient (Wildman–Crippen LogP) is -1.52. The highest BCUT2D eigenvalue weighted by Gasteiger charge is 2.31. The van der Waals surface area contributed by atoms with E-state index in [1.54, 1.807) is 24.3 Å². The minimum absolute atomic E-state index is 0.0349. The van der Waals surface area contributed by atoms with E-state index < -0.39 is 122 Å². The molecule has 0 fully saturated rings. The largest absolute Gasteiger partial charge is 0.480 e. The summed E-state index contributed by atoms with van der Waals surface area (Å²) in [5.74, 6) is -12.1. The number of Topliss-reactive ketones (excluding diaryl/α,β-unsaturated/α-hetero) is 1. The van der Waals surface area contributed by atoms with E-state index in [1.165, 1.54) is 0 Å². The molecule has 12 N–H and O–H groups in total. The number of amides is 4. The Bertz CT molecular complexity index is 1930. The topological polar surface area (TPSA) is 421 Å². The van der Waals surface area contributed by atoms with Crippen molar-refractivity contribution < 1.29 is 98.4 Å². The highest BCUT2D eigenvalue weighted by Crippen LogP contribution is 2.13. The summed E-state index contributed by atoms with van der Waals surface area (Å²) in [5.41, 5.74) is 1.16. The molecule has 0 aromatic heterocycles. The van der Waals surface area contributed by atoms with E-state index in [2.05, 4.69) is 21.3 Å². The standard InChI is InChI=1S/C45H66N6O20/c52-27-29-14-12-28(13-15-29)16-18-33(53)40(64)41(65)43(67)48-21-6-2-1-3-11-35(55)49-30(42(66)47-22-8-5-10-32(45(70)71)51(25-38(60)61)26-39(62)63)17-19-34(54)46-20-7-4-9-31(44(68)69)50(23-36(56)57)24-37(58)59/h12-15,27,30-32,40-41,64-65H,1-11,16-26H2,(H,46,54)(H,47,66)(H,48,67)(H,49,55)(H,56,57)(H,58,59)(H,60,61)(H,62,63)(H,68,69)(H,70,71). The van der Waals surface area contributed by atoms with Gasteiger partial charge in [-0.25, -0.2) is 0 Å². The number of aliphatic carboxylic acids is 6. The van der Waals surface area contributed by atoms with Crippen LogP contribution >= 0.6 is 0 Å². The summed E-state index contributed by atoms with van der Waals surface area (Å²) in [5, 5.41) is 86.3. The molecule has 26 heteroatoms. The van der Waals surface area contributed by atoms with Crippen LogP contribution in [0, 0.1) is 0 Å². The van der Waals surface area contributed by atoms with Gasteiger partial charge in [0.05, 0.1) is 26.2 Å². The van der Waals surface area contributed by atoms with Crippen LogP contribution in [0.15, 0.2) is 24.3 Å². The first-order valence-electron chi connectivity index (χ1n) is 22.9. The monoisotopic (exact) mass is 1010 g/mol. The zero-order valence-corrected chi connectivity index (χ0v) is 39.2. The number of ketones is 1. The number of aryl methyl sites for hydroxylation is 1. The summed E-state index contributed by atoms with van der Waals surface area (Å²) in [7, 11) is 0. The third kappa shape index (κ3) is 27.2. The van der Waals surface area contributed by atoms with Crippen molar-refractivity contribution in [2.24, 2.45) is 0 Å². The fraction of sp³-hybridized carbons (Fsp3) is 0.600. The number of benzene rings is 1. The number of rotatable bonds is 41. The number of carboxylic acids is 6. The SMILES string of the molecule is O=Cc1ccc(CCC(=O)C(O)C(O)C(=O)NCCCCCCC(=O)NC(CCC(=O)NCCCCC(C(=O)O)N(CC(=O)O)CC(=O)O)C(=O)NCCCCC(C(=O)O)N(CC(=O)O)CC(=O)O)cc1. The highest BCUT2D eigenvalue weighted by molar-refractivity contribution is 5.92. The predicted molar refractivity (Wildman–Crippen MR) is 245 cm³/mol. The van der Waals surface area contributed by atoms with Gasteiger partial charge in [0, 0.05) is 44.5 Å². The minimum Gasteiger partial charge on any atom is -0.480 e. The number of carboxylic acid groups (broad SMARTS) is 6. The van der Waals surface area contributed by atoms with Crippen LogP contribution in [-0.2, 0) is 59.2 Å². The lowest BCUT2D eigenvalue weighted by Gasteiger charge is -2.25. The molecule has 396 valence electrons. The van der Waals surface area contributed by atoms with Crippen molar-refractivity contribution >= 4 is 71.5 Å². The Hall–Kier alpha value is -6.90. The Morgan fingerprint density at radius 1 is 0.493 bits per heavy atom. The lowest BCUT2D eigenvalue weighted by atomic mass is 10.0. The molecule has 1 rings (SSSR count). The van der Waals surface area contributed by atoms with E-state index in [9.17, 15) is 78.0 Å². The van der Waals surface area contributed by atoms with Gasteiger partial charge in [-0.15, -0.1) is 0 Å². The molecule has 0 bridgehead atoms. The second-order valence-corrected chi connectivity index (χ2v) is 16.6. The van der Waals surface area contributed by atoms with Crippen LogP contribution < -0.4 is 21.3 Å². The number of aliphatic hydroxyl groups is 2. The van der Waals surface area contributed by atoms with Crippen molar-refractivity contribution in [2.45, 2.75) is 127 Å². The van der Waals surface area contributed by atoms with Crippen LogP contribution in [0.5, 0.6) is 0 Å². The van der Waals surface area contributed by atoms with Crippen molar-refractivity contribution in [1.82, 2.24) is 31.1 Å².